The van der Waals surface area contributed by atoms with E-state index in [0.29, 0.717) is 49.9 Å². The van der Waals surface area contributed by atoms with Crippen molar-refractivity contribution in [3.8, 4) is 5.75 Å². The molecule has 0 aromatic heterocycles. The summed E-state index contributed by atoms with van der Waals surface area (Å²) in [5.74, 6) is 0.0319. The summed E-state index contributed by atoms with van der Waals surface area (Å²) >= 11 is 6.30. The molecule has 0 aliphatic carbocycles. The molecule has 0 N–H and O–H groups in total. The van der Waals surface area contributed by atoms with Gasteiger partial charge in [-0.05, 0) is 30.3 Å². The van der Waals surface area contributed by atoms with Gasteiger partial charge in [0.25, 0.3) is 5.91 Å². The second kappa shape index (κ2) is 9.89. The fourth-order valence-electron chi connectivity index (χ4n) is 3.76. The van der Waals surface area contributed by atoms with Crippen molar-refractivity contribution in [2.45, 2.75) is 18.7 Å². The lowest BCUT2D eigenvalue weighted by molar-refractivity contribution is 0.0746. The number of anilines is 1. The molecule has 1 amide bonds. The molecule has 1 saturated heterocycles. The molecule has 0 radical (unpaired) electrons. The molecule has 1 aliphatic rings. The number of carbonyl (C=O) groups excluding carboxylic acids is 1. The number of para-hydroxylation sites is 1. The van der Waals surface area contributed by atoms with Gasteiger partial charge in [-0.3, -0.25) is 4.79 Å². The summed E-state index contributed by atoms with van der Waals surface area (Å²) in [4.78, 5) is 17.0. The fraction of sp³-hybridized carbons (Fsp3) is 0.409. The molecule has 2 aromatic carbocycles. The zero-order chi connectivity index (χ0) is 22.6. The first kappa shape index (κ1) is 23.4. The molecular formula is C22H28ClN3O4S. The average molecular weight is 466 g/mol. The quantitative estimate of drug-likeness (QED) is 0.627. The first-order chi connectivity index (χ1) is 14.8. The van der Waals surface area contributed by atoms with Crippen LogP contribution in [0.25, 0.3) is 0 Å². The molecule has 7 nitrogen and oxygen atoms in total. The number of hydrogen-bond acceptors (Lipinski definition) is 5. The van der Waals surface area contributed by atoms with E-state index in [1.807, 2.05) is 24.3 Å². The highest BCUT2D eigenvalue weighted by atomic mass is 35.5. The highest BCUT2D eigenvalue weighted by Gasteiger charge is 2.29. The number of piperazine rings is 1. The highest BCUT2D eigenvalue weighted by Crippen LogP contribution is 2.29. The molecule has 0 saturated carbocycles. The summed E-state index contributed by atoms with van der Waals surface area (Å²) in [5.41, 5.74) is 1.28. The van der Waals surface area contributed by atoms with Gasteiger partial charge >= 0.3 is 0 Å². The molecule has 1 aliphatic heterocycles. The van der Waals surface area contributed by atoms with Crippen molar-refractivity contribution < 1.29 is 17.9 Å². The van der Waals surface area contributed by atoms with Crippen LogP contribution in [0, 0.1) is 0 Å². The standard InChI is InChI=1S/C22H28ClN3O4S/c1-4-26(5-2)31(28,29)21-16-17(10-11-20(21)30-3)22(27)25-14-12-24(13-15-25)19-9-7-6-8-18(19)23/h6-11,16H,4-5,12-15H2,1-3H3. The van der Waals surface area contributed by atoms with Crippen molar-refractivity contribution in [3.63, 3.8) is 0 Å². The number of ether oxygens (including phenoxy) is 1. The minimum atomic E-state index is -3.77. The predicted octanol–water partition coefficient (Wildman–Crippen LogP) is 3.34. The number of benzene rings is 2. The van der Waals surface area contributed by atoms with Gasteiger partial charge in [0, 0.05) is 44.8 Å². The molecule has 0 bridgehead atoms. The second-order valence-corrected chi connectivity index (χ2v) is 9.50. The summed E-state index contributed by atoms with van der Waals surface area (Å²) in [6.07, 6.45) is 0. The largest absolute Gasteiger partial charge is 0.495 e. The Bertz CT molecular complexity index is 1030. The van der Waals surface area contributed by atoms with E-state index in [4.69, 9.17) is 16.3 Å². The molecule has 9 heteroatoms. The first-order valence-electron chi connectivity index (χ1n) is 10.3. The topological polar surface area (TPSA) is 70.2 Å². The van der Waals surface area contributed by atoms with Crippen LogP contribution < -0.4 is 9.64 Å². The molecular weight excluding hydrogens is 438 g/mol. The van der Waals surface area contributed by atoms with Gasteiger partial charge in [-0.1, -0.05) is 37.6 Å². The Morgan fingerprint density at radius 2 is 1.71 bits per heavy atom. The number of sulfonamides is 1. The number of rotatable bonds is 7. The van der Waals surface area contributed by atoms with E-state index in [-0.39, 0.29) is 16.6 Å². The van der Waals surface area contributed by atoms with Gasteiger partial charge in [0.15, 0.2) is 0 Å². The maximum absolute atomic E-state index is 13.1. The number of hydrogen-bond donors (Lipinski definition) is 0. The summed E-state index contributed by atoms with van der Waals surface area (Å²) < 4.78 is 32.7. The molecule has 0 atom stereocenters. The Hall–Kier alpha value is -2.29. The van der Waals surface area contributed by atoms with Crippen LogP contribution in [0.4, 0.5) is 5.69 Å². The van der Waals surface area contributed by atoms with E-state index in [2.05, 4.69) is 4.90 Å². The Labute approximate surface area is 189 Å². The van der Waals surface area contributed by atoms with Crippen LogP contribution in [0.2, 0.25) is 5.02 Å². The highest BCUT2D eigenvalue weighted by molar-refractivity contribution is 7.89. The van der Waals surface area contributed by atoms with Crippen LogP contribution in [-0.4, -0.2) is 69.9 Å². The number of amides is 1. The molecule has 2 aromatic rings. The summed E-state index contributed by atoms with van der Waals surface area (Å²) in [7, 11) is -2.34. The van der Waals surface area contributed by atoms with Crippen LogP contribution >= 0.6 is 11.6 Å². The Kier molecular flexibility index (Phi) is 7.46. The Morgan fingerprint density at radius 3 is 2.29 bits per heavy atom. The number of halogens is 1. The number of methoxy groups -OCH3 is 1. The van der Waals surface area contributed by atoms with Crippen LogP contribution in [0.5, 0.6) is 5.75 Å². The zero-order valence-electron chi connectivity index (χ0n) is 18.0. The Morgan fingerprint density at radius 1 is 1.06 bits per heavy atom. The van der Waals surface area contributed by atoms with E-state index in [1.165, 1.54) is 17.5 Å². The summed E-state index contributed by atoms with van der Waals surface area (Å²) in [6, 6.07) is 12.2. The fourth-order valence-corrected chi connectivity index (χ4v) is 5.65. The van der Waals surface area contributed by atoms with Gasteiger partial charge in [-0.15, -0.1) is 0 Å². The van der Waals surface area contributed by atoms with Gasteiger partial charge in [-0.2, -0.15) is 4.31 Å². The van der Waals surface area contributed by atoms with Gasteiger partial charge in [-0.25, -0.2) is 8.42 Å². The zero-order valence-corrected chi connectivity index (χ0v) is 19.6. The van der Waals surface area contributed by atoms with E-state index in [9.17, 15) is 13.2 Å². The van der Waals surface area contributed by atoms with E-state index < -0.39 is 10.0 Å². The lowest BCUT2D eigenvalue weighted by atomic mass is 10.1. The third kappa shape index (κ3) is 4.81. The maximum atomic E-state index is 13.1. The van der Waals surface area contributed by atoms with E-state index in [0.717, 1.165) is 5.69 Å². The average Bonchev–Trinajstić information content (AvgIpc) is 2.79. The number of carbonyl (C=O) groups is 1. The van der Waals surface area contributed by atoms with Gasteiger partial charge in [0.05, 0.1) is 17.8 Å². The van der Waals surface area contributed by atoms with E-state index >= 15 is 0 Å². The SMILES string of the molecule is CCN(CC)S(=O)(=O)c1cc(C(=O)N2CCN(c3ccccc3Cl)CC2)ccc1OC. The molecule has 3 rings (SSSR count). The first-order valence-corrected chi connectivity index (χ1v) is 12.1. The van der Waals surface area contributed by atoms with Crippen LogP contribution in [-0.2, 0) is 10.0 Å². The van der Waals surface area contributed by atoms with Crippen LogP contribution in [0.3, 0.4) is 0 Å². The molecule has 168 valence electrons. The number of nitrogens with zero attached hydrogens (tertiary/aromatic N) is 3. The third-order valence-electron chi connectivity index (χ3n) is 5.49. The molecule has 0 unspecified atom stereocenters. The molecule has 0 spiro atoms. The normalized spacial score (nSPS) is 14.7. The van der Waals surface area contributed by atoms with Crippen LogP contribution in [0.1, 0.15) is 24.2 Å². The minimum absolute atomic E-state index is 0.0132. The van der Waals surface area contributed by atoms with Gasteiger partial charge in [0.1, 0.15) is 10.6 Å². The van der Waals surface area contributed by atoms with Gasteiger partial charge in [0.2, 0.25) is 10.0 Å². The van der Waals surface area contributed by atoms with Crippen molar-refractivity contribution in [1.29, 1.82) is 0 Å². The third-order valence-corrected chi connectivity index (χ3v) is 7.88. The lowest BCUT2D eigenvalue weighted by Crippen LogP contribution is -2.48. The lowest BCUT2D eigenvalue weighted by Gasteiger charge is -2.36. The minimum Gasteiger partial charge on any atom is -0.495 e. The monoisotopic (exact) mass is 465 g/mol. The van der Waals surface area contributed by atoms with Crippen molar-refractivity contribution in [2.24, 2.45) is 0 Å². The Balaban J connectivity index is 1.81. The second-order valence-electron chi connectivity index (χ2n) is 7.19. The smallest absolute Gasteiger partial charge is 0.254 e. The van der Waals surface area contributed by atoms with E-state index in [1.54, 1.807) is 30.9 Å². The molecule has 31 heavy (non-hydrogen) atoms. The molecule has 1 heterocycles. The van der Waals surface area contributed by atoms with Crippen molar-refractivity contribution in [2.75, 3.05) is 51.3 Å². The van der Waals surface area contributed by atoms with Crippen molar-refractivity contribution >= 4 is 33.2 Å². The van der Waals surface area contributed by atoms with Crippen LogP contribution in [0.15, 0.2) is 47.4 Å². The summed E-state index contributed by atoms with van der Waals surface area (Å²) in [5, 5.41) is 0.684. The van der Waals surface area contributed by atoms with Crippen molar-refractivity contribution in [3.05, 3.63) is 53.1 Å². The van der Waals surface area contributed by atoms with Gasteiger partial charge < -0.3 is 14.5 Å². The molecule has 1 fully saturated rings. The van der Waals surface area contributed by atoms with Crippen molar-refractivity contribution in [1.82, 2.24) is 9.21 Å². The predicted molar refractivity (Wildman–Crippen MR) is 123 cm³/mol. The maximum Gasteiger partial charge on any atom is 0.254 e. The summed E-state index contributed by atoms with van der Waals surface area (Å²) in [6.45, 7) is 6.57.